The van der Waals surface area contributed by atoms with Crippen molar-refractivity contribution in [1.29, 1.82) is 0 Å². The van der Waals surface area contributed by atoms with Crippen LogP contribution in [-0.4, -0.2) is 9.78 Å². The first kappa shape index (κ1) is 14.7. The SMILES string of the molecule is Cc1ccc(SCc2cc(=O)n(-c3ccc(F)cc3)[nH]2)cc1. The molecule has 1 aromatic heterocycles. The molecule has 0 atom stereocenters. The van der Waals surface area contributed by atoms with Crippen LogP contribution in [0.15, 0.2) is 64.3 Å². The van der Waals surface area contributed by atoms with Gasteiger partial charge < -0.3 is 0 Å². The maximum absolute atomic E-state index is 12.9. The third kappa shape index (κ3) is 3.31. The molecule has 1 N–H and O–H groups in total. The van der Waals surface area contributed by atoms with Crippen LogP contribution < -0.4 is 5.56 Å². The van der Waals surface area contributed by atoms with Gasteiger partial charge in [0.2, 0.25) is 0 Å². The van der Waals surface area contributed by atoms with Crippen LogP contribution in [0.25, 0.3) is 5.69 Å². The second-order valence-corrected chi connectivity index (χ2v) is 6.08. The van der Waals surface area contributed by atoms with Gasteiger partial charge in [-0.25, -0.2) is 9.07 Å². The minimum atomic E-state index is -0.321. The summed E-state index contributed by atoms with van der Waals surface area (Å²) in [6.45, 7) is 2.05. The summed E-state index contributed by atoms with van der Waals surface area (Å²) in [7, 11) is 0. The Morgan fingerprint density at radius 1 is 1.09 bits per heavy atom. The number of benzene rings is 2. The Labute approximate surface area is 131 Å². The molecule has 0 aliphatic carbocycles. The third-order valence-electron chi connectivity index (χ3n) is 3.27. The zero-order chi connectivity index (χ0) is 15.5. The van der Waals surface area contributed by atoms with E-state index in [1.807, 2.05) is 0 Å². The summed E-state index contributed by atoms with van der Waals surface area (Å²) in [4.78, 5) is 13.2. The van der Waals surface area contributed by atoms with E-state index in [-0.39, 0.29) is 11.4 Å². The largest absolute Gasteiger partial charge is 0.294 e. The number of thioether (sulfide) groups is 1. The number of nitrogens with zero attached hydrogens (tertiary/aromatic N) is 1. The highest BCUT2D eigenvalue weighted by molar-refractivity contribution is 7.98. The molecule has 0 fully saturated rings. The summed E-state index contributed by atoms with van der Waals surface area (Å²) in [6, 6.07) is 15.7. The van der Waals surface area contributed by atoms with Crippen molar-refractivity contribution in [2.24, 2.45) is 0 Å². The zero-order valence-electron chi connectivity index (χ0n) is 12.0. The molecule has 0 saturated carbocycles. The van der Waals surface area contributed by atoms with E-state index >= 15 is 0 Å². The third-order valence-corrected chi connectivity index (χ3v) is 4.33. The fraction of sp³-hybridized carbons (Fsp3) is 0.118. The number of aryl methyl sites for hydroxylation is 1. The molecule has 5 heteroatoms. The van der Waals surface area contributed by atoms with E-state index in [9.17, 15) is 9.18 Å². The fourth-order valence-corrected chi connectivity index (χ4v) is 2.89. The molecule has 0 spiro atoms. The Balaban J connectivity index is 1.76. The van der Waals surface area contributed by atoms with Crippen molar-refractivity contribution in [3.05, 3.63) is 82.0 Å². The Kier molecular flexibility index (Phi) is 4.15. The fourth-order valence-electron chi connectivity index (χ4n) is 2.10. The number of H-pyrrole nitrogens is 1. The van der Waals surface area contributed by atoms with Crippen LogP contribution >= 0.6 is 11.8 Å². The van der Waals surface area contributed by atoms with Gasteiger partial charge in [0.1, 0.15) is 5.82 Å². The summed E-state index contributed by atoms with van der Waals surface area (Å²) < 4.78 is 14.4. The Morgan fingerprint density at radius 3 is 2.45 bits per heavy atom. The van der Waals surface area contributed by atoms with E-state index < -0.39 is 0 Å². The monoisotopic (exact) mass is 314 g/mol. The molecule has 22 heavy (non-hydrogen) atoms. The van der Waals surface area contributed by atoms with Gasteiger partial charge in [-0.2, -0.15) is 0 Å². The first-order chi connectivity index (χ1) is 10.6. The van der Waals surface area contributed by atoms with Crippen LogP contribution in [0.4, 0.5) is 4.39 Å². The smallest absolute Gasteiger partial charge is 0.271 e. The highest BCUT2D eigenvalue weighted by atomic mass is 32.2. The summed E-state index contributed by atoms with van der Waals surface area (Å²) in [5, 5.41) is 3.06. The van der Waals surface area contributed by atoms with Gasteiger partial charge in [0.15, 0.2) is 0 Å². The van der Waals surface area contributed by atoms with Crippen molar-refractivity contribution < 1.29 is 4.39 Å². The van der Waals surface area contributed by atoms with E-state index in [4.69, 9.17) is 0 Å². The molecular weight excluding hydrogens is 299 g/mol. The number of hydrogen-bond donors (Lipinski definition) is 1. The van der Waals surface area contributed by atoms with Gasteiger partial charge in [-0.3, -0.25) is 9.89 Å². The molecule has 3 nitrogen and oxygen atoms in total. The summed E-state index contributed by atoms with van der Waals surface area (Å²) >= 11 is 1.66. The highest BCUT2D eigenvalue weighted by Crippen LogP contribution is 2.22. The van der Waals surface area contributed by atoms with Crippen LogP contribution in [-0.2, 0) is 5.75 Å². The molecule has 1 heterocycles. The molecule has 0 radical (unpaired) electrons. The van der Waals surface area contributed by atoms with Crippen molar-refractivity contribution in [3.63, 3.8) is 0 Å². The standard InChI is InChI=1S/C17H15FN2OS/c1-12-2-8-16(9-3-12)22-11-14-10-17(21)20(19-14)15-6-4-13(18)5-7-15/h2-10,19H,11H2,1H3. The van der Waals surface area contributed by atoms with Gasteiger partial charge in [0.25, 0.3) is 5.56 Å². The zero-order valence-corrected chi connectivity index (χ0v) is 12.9. The number of rotatable bonds is 4. The van der Waals surface area contributed by atoms with E-state index in [0.717, 1.165) is 10.6 Å². The van der Waals surface area contributed by atoms with Crippen LogP contribution in [0.3, 0.4) is 0 Å². The predicted octanol–water partition coefficient (Wildman–Crippen LogP) is 3.91. The Hall–Kier alpha value is -2.27. The maximum atomic E-state index is 12.9. The van der Waals surface area contributed by atoms with Gasteiger partial charge in [0.05, 0.1) is 5.69 Å². The minimum absolute atomic E-state index is 0.147. The number of hydrogen-bond acceptors (Lipinski definition) is 2. The molecule has 2 aromatic carbocycles. The van der Waals surface area contributed by atoms with Gasteiger partial charge in [-0.1, -0.05) is 17.7 Å². The molecule has 3 rings (SSSR count). The van der Waals surface area contributed by atoms with E-state index in [0.29, 0.717) is 11.4 Å². The van der Waals surface area contributed by atoms with E-state index in [2.05, 4.69) is 36.3 Å². The molecule has 0 amide bonds. The Bertz CT molecular complexity index is 819. The molecule has 0 saturated heterocycles. The summed E-state index contributed by atoms with van der Waals surface area (Å²) in [6.07, 6.45) is 0. The number of aromatic amines is 1. The van der Waals surface area contributed by atoms with Crippen LogP contribution in [0, 0.1) is 12.7 Å². The lowest BCUT2D eigenvalue weighted by Crippen LogP contribution is -2.13. The Morgan fingerprint density at radius 2 is 1.77 bits per heavy atom. The maximum Gasteiger partial charge on any atom is 0.271 e. The molecule has 112 valence electrons. The topological polar surface area (TPSA) is 37.8 Å². The van der Waals surface area contributed by atoms with Gasteiger partial charge in [-0.05, 0) is 43.3 Å². The molecule has 0 bridgehead atoms. The van der Waals surface area contributed by atoms with Crippen molar-refractivity contribution in [2.75, 3.05) is 0 Å². The van der Waals surface area contributed by atoms with Gasteiger partial charge in [0, 0.05) is 22.4 Å². The predicted molar refractivity (Wildman–Crippen MR) is 87.1 cm³/mol. The lowest BCUT2D eigenvalue weighted by molar-refractivity contribution is 0.627. The number of nitrogens with one attached hydrogen (secondary N) is 1. The second kappa shape index (κ2) is 6.23. The molecule has 3 aromatic rings. The summed E-state index contributed by atoms with van der Waals surface area (Å²) in [5.74, 6) is 0.352. The van der Waals surface area contributed by atoms with E-state index in [1.165, 1.54) is 22.4 Å². The van der Waals surface area contributed by atoms with Gasteiger partial charge in [-0.15, -0.1) is 11.8 Å². The van der Waals surface area contributed by atoms with Crippen molar-refractivity contribution in [3.8, 4) is 5.69 Å². The van der Waals surface area contributed by atoms with E-state index in [1.54, 1.807) is 30.0 Å². The van der Waals surface area contributed by atoms with Crippen molar-refractivity contribution in [1.82, 2.24) is 9.78 Å². The lowest BCUT2D eigenvalue weighted by Gasteiger charge is -2.03. The van der Waals surface area contributed by atoms with Crippen LogP contribution in [0.1, 0.15) is 11.3 Å². The average molecular weight is 314 g/mol. The molecule has 0 aliphatic rings. The van der Waals surface area contributed by atoms with Gasteiger partial charge >= 0.3 is 0 Å². The molecule has 0 aliphatic heterocycles. The minimum Gasteiger partial charge on any atom is -0.294 e. The molecular formula is C17H15FN2OS. The van der Waals surface area contributed by atoms with Crippen molar-refractivity contribution in [2.45, 2.75) is 17.6 Å². The summed E-state index contributed by atoms with van der Waals surface area (Å²) in [5.41, 5.74) is 2.53. The first-order valence-electron chi connectivity index (χ1n) is 6.88. The quantitative estimate of drug-likeness (QED) is 0.742. The van der Waals surface area contributed by atoms with Crippen LogP contribution in [0.5, 0.6) is 0 Å². The van der Waals surface area contributed by atoms with Crippen LogP contribution in [0.2, 0.25) is 0 Å². The molecule has 0 unspecified atom stereocenters. The normalized spacial score (nSPS) is 10.8. The highest BCUT2D eigenvalue weighted by Gasteiger charge is 2.06. The van der Waals surface area contributed by atoms with Crippen molar-refractivity contribution >= 4 is 11.8 Å². The lowest BCUT2D eigenvalue weighted by atomic mass is 10.2. The average Bonchev–Trinajstić information content (AvgIpc) is 2.89. The second-order valence-electron chi connectivity index (χ2n) is 5.03. The number of halogens is 1. The first-order valence-corrected chi connectivity index (χ1v) is 7.87. The number of aromatic nitrogens is 2.